The largest absolute Gasteiger partial charge is 0.475 e. The first kappa shape index (κ1) is 22.7. The van der Waals surface area contributed by atoms with Crippen molar-refractivity contribution in [2.24, 2.45) is 0 Å². The van der Waals surface area contributed by atoms with E-state index in [-0.39, 0.29) is 24.8 Å². The minimum atomic E-state index is -1.19. The Hall–Kier alpha value is -4.11. The molecule has 2 aliphatic rings. The van der Waals surface area contributed by atoms with Crippen molar-refractivity contribution in [2.45, 2.75) is 31.0 Å². The Kier molecular flexibility index (Phi) is 6.24. The van der Waals surface area contributed by atoms with E-state index in [1.165, 1.54) is 12.1 Å². The number of aromatic carboxylic acids is 1. The van der Waals surface area contributed by atoms with Crippen LogP contribution in [0.1, 0.15) is 39.8 Å². The summed E-state index contributed by atoms with van der Waals surface area (Å²) in [5, 5.41) is 14.3. The fourth-order valence-corrected chi connectivity index (χ4v) is 4.65. The summed E-state index contributed by atoms with van der Waals surface area (Å²) in [7, 11) is 0. The van der Waals surface area contributed by atoms with E-state index in [0.29, 0.717) is 18.8 Å². The molecule has 1 saturated heterocycles. The number of hydrogen-bond donors (Lipinski definition) is 3. The van der Waals surface area contributed by atoms with Crippen molar-refractivity contribution in [2.75, 3.05) is 13.2 Å². The Morgan fingerprint density at radius 3 is 2.31 bits per heavy atom. The maximum absolute atomic E-state index is 12.6. The smallest absolute Gasteiger partial charge is 0.407 e. The zero-order valence-electron chi connectivity index (χ0n) is 18.7. The summed E-state index contributed by atoms with van der Waals surface area (Å²) in [5.74, 6) is -1.58. The quantitative estimate of drug-likeness (QED) is 0.478. The van der Waals surface area contributed by atoms with Gasteiger partial charge in [0.1, 0.15) is 12.4 Å². The van der Waals surface area contributed by atoms with Crippen LogP contribution in [-0.4, -0.2) is 48.4 Å². The molecule has 9 heteroatoms. The van der Waals surface area contributed by atoms with Crippen LogP contribution >= 0.6 is 0 Å². The molecule has 5 rings (SSSR count). The summed E-state index contributed by atoms with van der Waals surface area (Å²) < 4.78 is 16.2. The highest BCUT2D eigenvalue weighted by atomic mass is 16.6. The number of hydrogen-bond acceptors (Lipinski definition) is 6. The molecular weight excluding hydrogens is 452 g/mol. The second-order valence-corrected chi connectivity index (χ2v) is 8.45. The number of fused-ring (bicyclic) bond motifs is 3. The Morgan fingerprint density at radius 1 is 0.971 bits per heavy atom. The highest BCUT2D eigenvalue weighted by Crippen LogP contribution is 2.44. The topological polar surface area (TPSA) is 127 Å². The van der Waals surface area contributed by atoms with Crippen molar-refractivity contribution in [3.63, 3.8) is 0 Å². The average Bonchev–Trinajstić information content (AvgIpc) is 3.59. The van der Waals surface area contributed by atoms with E-state index in [1.807, 2.05) is 36.4 Å². The number of ether oxygens (including phenoxy) is 2. The third-order valence-electron chi connectivity index (χ3n) is 6.31. The van der Waals surface area contributed by atoms with Crippen molar-refractivity contribution in [1.29, 1.82) is 0 Å². The lowest BCUT2D eigenvalue weighted by molar-refractivity contribution is -0.131. The summed E-state index contributed by atoms with van der Waals surface area (Å²) in [6.45, 7) is 0.495. The Bertz CT molecular complexity index is 1220. The molecule has 0 radical (unpaired) electrons. The molecule has 2 aromatic carbocycles. The molecule has 2 atom stereocenters. The molecule has 3 aromatic rings. The van der Waals surface area contributed by atoms with E-state index in [1.54, 1.807) is 0 Å². The molecule has 2 heterocycles. The molecule has 35 heavy (non-hydrogen) atoms. The van der Waals surface area contributed by atoms with Crippen molar-refractivity contribution in [3.05, 3.63) is 83.3 Å². The third-order valence-corrected chi connectivity index (χ3v) is 6.31. The maximum Gasteiger partial charge on any atom is 0.407 e. The van der Waals surface area contributed by atoms with E-state index in [2.05, 4.69) is 22.8 Å². The van der Waals surface area contributed by atoms with E-state index < -0.39 is 30.1 Å². The van der Waals surface area contributed by atoms with Gasteiger partial charge in [-0.25, -0.2) is 9.59 Å². The fraction of sp³-hybridized carbons (Fsp3) is 0.269. The van der Waals surface area contributed by atoms with Gasteiger partial charge in [0.25, 0.3) is 5.91 Å². The molecule has 2 amide bonds. The molecule has 3 N–H and O–H groups in total. The van der Waals surface area contributed by atoms with Crippen LogP contribution in [0.2, 0.25) is 0 Å². The van der Waals surface area contributed by atoms with Crippen LogP contribution in [0, 0.1) is 0 Å². The predicted molar refractivity (Wildman–Crippen MR) is 124 cm³/mol. The highest BCUT2D eigenvalue weighted by molar-refractivity contribution is 5.84. The van der Waals surface area contributed by atoms with Crippen molar-refractivity contribution in [1.82, 2.24) is 10.6 Å². The number of carbonyl (C=O) groups is 3. The molecule has 0 spiro atoms. The summed E-state index contributed by atoms with van der Waals surface area (Å²) in [6, 6.07) is 18.4. The van der Waals surface area contributed by atoms with E-state index in [9.17, 15) is 14.4 Å². The molecule has 0 saturated carbocycles. The number of carboxylic acids is 1. The number of nitrogens with one attached hydrogen (secondary N) is 2. The summed E-state index contributed by atoms with van der Waals surface area (Å²) >= 11 is 0. The van der Waals surface area contributed by atoms with Crippen molar-refractivity contribution >= 4 is 18.0 Å². The minimum absolute atomic E-state index is 0.00361. The van der Waals surface area contributed by atoms with Crippen LogP contribution in [0.25, 0.3) is 11.1 Å². The van der Waals surface area contributed by atoms with Crippen LogP contribution in [0.3, 0.4) is 0 Å². The second kappa shape index (κ2) is 9.63. The summed E-state index contributed by atoms with van der Waals surface area (Å²) in [6.07, 6.45) is -1.03. The number of carboxylic acid groups (broad SMARTS) is 1. The number of amides is 2. The van der Waals surface area contributed by atoms with Crippen LogP contribution in [0.15, 0.2) is 65.1 Å². The number of benzene rings is 2. The predicted octanol–water partition coefficient (Wildman–Crippen LogP) is 3.29. The van der Waals surface area contributed by atoms with E-state index >= 15 is 0 Å². The molecule has 1 aliphatic heterocycles. The fourth-order valence-electron chi connectivity index (χ4n) is 4.65. The number of carbonyl (C=O) groups excluding carboxylic acids is 2. The van der Waals surface area contributed by atoms with Crippen LogP contribution < -0.4 is 10.6 Å². The first-order valence-corrected chi connectivity index (χ1v) is 11.3. The standard InChI is InChI=1S/C26H24N2O7/c29-24(27-13-15-9-10-22(35-15)25(30)31)23-21(11-12-33-23)28-26(32)34-14-20-18-7-3-1-5-16(18)17-6-2-4-8-19(17)20/h1-10,20-21,23H,11-14H2,(H,27,29)(H,28,32)(H,30,31)/t21-,23+/m0/s1. The zero-order valence-corrected chi connectivity index (χ0v) is 18.7. The third kappa shape index (κ3) is 4.63. The Balaban J connectivity index is 1.16. The van der Waals surface area contributed by atoms with Gasteiger partial charge in [-0.05, 0) is 40.8 Å². The minimum Gasteiger partial charge on any atom is -0.475 e. The lowest BCUT2D eigenvalue weighted by atomic mass is 9.98. The van der Waals surface area contributed by atoms with Gasteiger partial charge in [-0.1, -0.05) is 48.5 Å². The van der Waals surface area contributed by atoms with Gasteiger partial charge in [0.2, 0.25) is 5.76 Å². The monoisotopic (exact) mass is 476 g/mol. The van der Waals surface area contributed by atoms with Gasteiger partial charge in [-0.2, -0.15) is 0 Å². The Morgan fingerprint density at radius 2 is 1.66 bits per heavy atom. The second-order valence-electron chi connectivity index (χ2n) is 8.45. The van der Waals surface area contributed by atoms with Crippen LogP contribution in [-0.2, 0) is 20.8 Å². The van der Waals surface area contributed by atoms with Gasteiger partial charge in [0.15, 0.2) is 6.10 Å². The Labute approximate surface area is 201 Å². The van der Waals surface area contributed by atoms with Crippen molar-refractivity contribution < 1.29 is 33.4 Å². The maximum atomic E-state index is 12.6. The van der Waals surface area contributed by atoms with Gasteiger partial charge in [-0.15, -0.1) is 0 Å². The average molecular weight is 476 g/mol. The molecule has 1 aromatic heterocycles. The number of rotatable bonds is 7. The number of furan rings is 1. The van der Waals surface area contributed by atoms with Gasteiger partial charge >= 0.3 is 12.1 Å². The molecule has 180 valence electrons. The zero-order chi connectivity index (χ0) is 24.4. The van der Waals surface area contributed by atoms with Gasteiger partial charge in [0, 0.05) is 12.5 Å². The van der Waals surface area contributed by atoms with Crippen LogP contribution in [0.5, 0.6) is 0 Å². The van der Waals surface area contributed by atoms with Crippen LogP contribution in [0.4, 0.5) is 4.79 Å². The molecule has 0 bridgehead atoms. The molecule has 1 fully saturated rings. The normalized spacial score (nSPS) is 18.5. The van der Waals surface area contributed by atoms with E-state index in [4.69, 9.17) is 19.0 Å². The van der Waals surface area contributed by atoms with Gasteiger partial charge in [0.05, 0.1) is 12.6 Å². The van der Waals surface area contributed by atoms with Gasteiger partial charge < -0.3 is 29.6 Å². The molecular formula is C26H24N2O7. The molecule has 0 unspecified atom stereocenters. The number of alkyl carbamates (subject to hydrolysis) is 1. The lowest BCUT2D eigenvalue weighted by Gasteiger charge is -2.20. The summed E-state index contributed by atoms with van der Waals surface area (Å²) in [5.41, 5.74) is 4.52. The first-order chi connectivity index (χ1) is 17.0. The molecule has 1 aliphatic carbocycles. The summed E-state index contributed by atoms with van der Waals surface area (Å²) in [4.78, 5) is 36.1. The molecule has 9 nitrogen and oxygen atoms in total. The SMILES string of the molecule is O=C(N[C@H]1CCO[C@H]1C(=O)NCc1ccc(C(=O)O)o1)OCC1c2ccccc2-c2ccccc21. The lowest BCUT2D eigenvalue weighted by Crippen LogP contribution is -2.48. The van der Waals surface area contributed by atoms with E-state index in [0.717, 1.165) is 22.3 Å². The first-order valence-electron chi connectivity index (χ1n) is 11.3. The highest BCUT2D eigenvalue weighted by Gasteiger charge is 2.36. The van der Waals surface area contributed by atoms with Gasteiger partial charge in [-0.3, -0.25) is 4.79 Å². The van der Waals surface area contributed by atoms with Crippen molar-refractivity contribution in [3.8, 4) is 11.1 Å².